The van der Waals surface area contributed by atoms with E-state index in [1.165, 1.54) is 11.5 Å². The van der Waals surface area contributed by atoms with Crippen molar-refractivity contribution in [2.45, 2.75) is 69.9 Å². The Bertz CT molecular complexity index is 617. The minimum absolute atomic E-state index is 0.0231. The van der Waals surface area contributed by atoms with E-state index in [9.17, 15) is 4.79 Å². The Labute approximate surface area is 180 Å². The Morgan fingerprint density at radius 3 is 2.54 bits per heavy atom. The fraction of sp³-hybridized carbons (Fsp3) is 0.682. The molecule has 0 aromatic carbocycles. The fourth-order valence-electron chi connectivity index (χ4n) is 2.94. The van der Waals surface area contributed by atoms with Crippen LogP contribution in [0.1, 0.15) is 40.5 Å². The Hall–Kier alpha value is -0.433. The fourth-order valence-corrected chi connectivity index (χ4v) is 6.82. The van der Waals surface area contributed by atoms with Gasteiger partial charge >= 0.3 is 5.97 Å². The number of cyclic esters (lactones) is 1. The van der Waals surface area contributed by atoms with Gasteiger partial charge in [0.15, 0.2) is 8.32 Å². The number of esters is 1. The number of allylic oxidation sites excluding steroid dienone is 3. The highest BCUT2D eigenvalue weighted by Crippen LogP contribution is 2.34. The summed E-state index contributed by atoms with van der Waals surface area (Å²) in [5.41, 5.74) is 1.61. The topological polar surface area (TPSA) is 35.5 Å². The van der Waals surface area contributed by atoms with E-state index in [1.54, 1.807) is 6.08 Å². The molecular formula is C22H36O3S2Si. The minimum atomic E-state index is -1.82. The standard InChI is InChI=1S/C22H36O3S2Si/c1-17(2)28(5,6)25-19(18-15-20(23)24-16-18)10-12-22(3,4)11-8-7-9-21-26-13-14-27-21/h7-9,11,15,17,19,21H,10,12-14,16H2,1-6H3/b9-7+,11-8+/t19-/m0/s1. The molecule has 2 rings (SSSR count). The average Bonchev–Trinajstić information content (AvgIpc) is 3.27. The molecule has 0 aromatic rings. The van der Waals surface area contributed by atoms with Crippen molar-refractivity contribution in [1.82, 2.24) is 0 Å². The zero-order valence-corrected chi connectivity index (χ0v) is 20.8. The molecule has 2 heterocycles. The van der Waals surface area contributed by atoms with Gasteiger partial charge in [-0.15, -0.1) is 23.5 Å². The summed E-state index contributed by atoms with van der Waals surface area (Å²) in [5, 5.41) is 0. The van der Waals surface area contributed by atoms with Crippen molar-refractivity contribution in [1.29, 1.82) is 0 Å². The molecule has 0 bridgehead atoms. The second-order valence-electron chi connectivity index (χ2n) is 9.07. The van der Waals surface area contributed by atoms with Crippen LogP contribution in [0, 0.1) is 5.41 Å². The summed E-state index contributed by atoms with van der Waals surface area (Å²) in [4.78, 5) is 11.6. The number of carbonyl (C=O) groups is 1. The lowest BCUT2D eigenvalue weighted by Crippen LogP contribution is -2.39. The van der Waals surface area contributed by atoms with E-state index in [0.29, 0.717) is 16.7 Å². The molecule has 0 spiro atoms. The molecule has 0 amide bonds. The van der Waals surface area contributed by atoms with Gasteiger partial charge in [0.1, 0.15) is 6.61 Å². The van der Waals surface area contributed by atoms with Crippen molar-refractivity contribution < 1.29 is 14.0 Å². The molecule has 1 fully saturated rings. The predicted octanol–water partition coefficient (Wildman–Crippen LogP) is 6.19. The summed E-state index contributed by atoms with van der Waals surface area (Å²) in [6, 6.07) is 0. The third-order valence-electron chi connectivity index (χ3n) is 5.56. The van der Waals surface area contributed by atoms with Crippen LogP contribution >= 0.6 is 23.5 Å². The number of ether oxygens (including phenoxy) is 1. The lowest BCUT2D eigenvalue weighted by molar-refractivity contribution is -0.135. The molecule has 0 aliphatic carbocycles. The summed E-state index contributed by atoms with van der Waals surface area (Å²) < 4.78 is 12.4. The lowest BCUT2D eigenvalue weighted by atomic mass is 9.85. The SMILES string of the molecule is CC(C)[Si](C)(C)O[C@@H](CCC(C)(C)/C=C/C=C/C1SCCS1)C1=CC(=O)OC1. The van der Waals surface area contributed by atoms with Gasteiger partial charge in [-0.1, -0.05) is 52.0 Å². The van der Waals surface area contributed by atoms with Crippen LogP contribution < -0.4 is 0 Å². The predicted molar refractivity (Wildman–Crippen MR) is 126 cm³/mol. The quantitative estimate of drug-likeness (QED) is 0.230. The molecule has 0 N–H and O–H groups in total. The summed E-state index contributed by atoms with van der Waals surface area (Å²) in [5.74, 6) is 2.28. The highest BCUT2D eigenvalue weighted by molar-refractivity contribution is 8.20. The van der Waals surface area contributed by atoms with Crippen LogP contribution in [0.4, 0.5) is 0 Å². The molecule has 0 saturated carbocycles. The first-order chi connectivity index (χ1) is 13.1. The van der Waals surface area contributed by atoms with Gasteiger partial charge < -0.3 is 9.16 Å². The second kappa shape index (κ2) is 10.6. The number of rotatable bonds is 10. The van der Waals surface area contributed by atoms with Gasteiger partial charge in [0.25, 0.3) is 0 Å². The van der Waals surface area contributed by atoms with E-state index >= 15 is 0 Å². The highest BCUT2D eigenvalue weighted by Gasteiger charge is 2.34. The molecule has 6 heteroatoms. The molecule has 1 atom stereocenters. The van der Waals surface area contributed by atoms with E-state index < -0.39 is 8.32 Å². The zero-order chi connectivity index (χ0) is 20.8. The molecule has 0 radical (unpaired) electrons. The van der Waals surface area contributed by atoms with Crippen LogP contribution in [-0.4, -0.2) is 43.1 Å². The van der Waals surface area contributed by atoms with Crippen molar-refractivity contribution in [2.24, 2.45) is 5.41 Å². The highest BCUT2D eigenvalue weighted by atomic mass is 32.2. The van der Waals surface area contributed by atoms with Crippen LogP contribution in [-0.2, 0) is 14.0 Å². The number of carbonyl (C=O) groups excluding carboxylic acids is 1. The van der Waals surface area contributed by atoms with Crippen LogP contribution in [0.3, 0.4) is 0 Å². The Kier molecular flexibility index (Phi) is 8.99. The van der Waals surface area contributed by atoms with Crippen LogP contribution in [0.5, 0.6) is 0 Å². The zero-order valence-electron chi connectivity index (χ0n) is 18.2. The summed E-state index contributed by atoms with van der Waals surface area (Å²) in [7, 11) is -1.82. The maximum absolute atomic E-state index is 11.6. The van der Waals surface area contributed by atoms with Crippen LogP contribution in [0.15, 0.2) is 36.0 Å². The molecule has 3 nitrogen and oxygen atoms in total. The molecule has 2 aliphatic heterocycles. The Balaban J connectivity index is 1.96. The van der Waals surface area contributed by atoms with Crippen molar-refractivity contribution in [3.63, 3.8) is 0 Å². The lowest BCUT2D eigenvalue weighted by Gasteiger charge is -2.34. The maximum Gasteiger partial charge on any atom is 0.331 e. The summed E-state index contributed by atoms with van der Waals surface area (Å²) >= 11 is 4.04. The molecule has 0 unspecified atom stereocenters. The van der Waals surface area contributed by atoms with Crippen molar-refractivity contribution in [3.8, 4) is 0 Å². The van der Waals surface area contributed by atoms with Crippen molar-refractivity contribution >= 4 is 37.8 Å². The van der Waals surface area contributed by atoms with Gasteiger partial charge in [-0.3, -0.25) is 0 Å². The first-order valence-corrected chi connectivity index (χ1v) is 15.3. The molecule has 28 heavy (non-hydrogen) atoms. The average molecular weight is 441 g/mol. The van der Waals surface area contributed by atoms with Gasteiger partial charge in [0, 0.05) is 23.2 Å². The molecular weight excluding hydrogens is 404 g/mol. The molecule has 158 valence electrons. The van der Waals surface area contributed by atoms with E-state index in [0.717, 1.165) is 18.4 Å². The third kappa shape index (κ3) is 7.77. The monoisotopic (exact) mass is 440 g/mol. The van der Waals surface area contributed by atoms with E-state index in [2.05, 4.69) is 65.1 Å². The summed E-state index contributed by atoms with van der Waals surface area (Å²) in [6.07, 6.45) is 12.5. The minimum Gasteiger partial charge on any atom is -0.458 e. The molecule has 2 aliphatic rings. The van der Waals surface area contributed by atoms with Crippen molar-refractivity contribution in [3.05, 3.63) is 36.0 Å². The second-order valence-corrected chi connectivity index (χ2v) is 16.5. The largest absolute Gasteiger partial charge is 0.458 e. The number of hydrogen-bond acceptors (Lipinski definition) is 5. The maximum atomic E-state index is 11.6. The first-order valence-electron chi connectivity index (χ1n) is 10.2. The van der Waals surface area contributed by atoms with Gasteiger partial charge in [-0.25, -0.2) is 4.79 Å². The number of hydrogen-bond donors (Lipinski definition) is 0. The Morgan fingerprint density at radius 2 is 1.96 bits per heavy atom. The normalized spacial score (nSPS) is 20.5. The number of thioether (sulfide) groups is 2. The van der Waals surface area contributed by atoms with Crippen LogP contribution in [0.25, 0.3) is 0 Å². The van der Waals surface area contributed by atoms with E-state index in [-0.39, 0.29) is 17.5 Å². The van der Waals surface area contributed by atoms with Gasteiger partial charge in [-0.2, -0.15) is 0 Å². The van der Waals surface area contributed by atoms with Gasteiger partial charge in [0.05, 0.1) is 10.7 Å². The summed E-state index contributed by atoms with van der Waals surface area (Å²) in [6.45, 7) is 13.9. The third-order valence-corrected chi connectivity index (χ3v) is 12.2. The molecule has 0 aromatic heterocycles. The molecule has 1 saturated heterocycles. The Morgan fingerprint density at radius 1 is 1.29 bits per heavy atom. The van der Waals surface area contributed by atoms with Gasteiger partial charge in [-0.05, 0) is 36.9 Å². The van der Waals surface area contributed by atoms with Gasteiger partial charge in [0.2, 0.25) is 0 Å². The van der Waals surface area contributed by atoms with Crippen molar-refractivity contribution in [2.75, 3.05) is 18.1 Å². The van der Waals surface area contributed by atoms with E-state index in [4.69, 9.17) is 9.16 Å². The smallest absolute Gasteiger partial charge is 0.331 e. The van der Waals surface area contributed by atoms with Crippen LogP contribution in [0.2, 0.25) is 18.6 Å². The van der Waals surface area contributed by atoms with E-state index in [1.807, 2.05) is 23.5 Å². The first kappa shape index (κ1) is 23.8.